The number of benzene rings is 1. The van der Waals surface area contributed by atoms with Gasteiger partial charge in [-0.1, -0.05) is 37.3 Å². The van der Waals surface area contributed by atoms with Crippen molar-refractivity contribution in [2.75, 3.05) is 6.61 Å². The number of carbonyl (C=O) groups excluding carboxylic acids is 1. The van der Waals surface area contributed by atoms with Gasteiger partial charge in [0.1, 0.15) is 11.3 Å². The molecule has 1 N–H and O–H groups in total. The van der Waals surface area contributed by atoms with Gasteiger partial charge in [-0.3, -0.25) is 4.79 Å². The van der Waals surface area contributed by atoms with Crippen LogP contribution in [0.5, 0.6) is 5.75 Å². The van der Waals surface area contributed by atoms with E-state index >= 15 is 0 Å². The number of rotatable bonds is 4. The minimum Gasteiger partial charge on any atom is -0.482 e. The van der Waals surface area contributed by atoms with E-state index in [2.05, 4.69) is 11.4 Å². The summed E-state index contributed by atoms with van der Waals surface area (Å²) in [6.45, 7) is -0.213. The fourth-order valence-electron chi connectivity index (χ4n) is 2.73. The Morgan fingerprint density at radius 2 is 1.96 bits per heavy atom. The number of nitrogens with one attached hydrogen (secondary N) is 1. The van der Waals surface area contributed by atoms with Crippen LogP contribution < -0.4 is 10.1 Å². The van der Waals surface area contributed by atoms with E-state index in [1.165, 1.54) is 6.07 Å². The number of nitrogens with zero attached hydrogens (tertiary/aromatic N) is 2. The highest BCUT2D eigenvalue weighted by Gasteiger charge is 2.32. The molecule has 0 aliphatic heterocycles. The zero-order chi connectivity index (χ0) is 16.7. The van der Waals surface area contributed by atoms with E-state index in [4.69, 9.17) is 21.6 Å². The van der Waals surface area contributed by atoms with Crippen molar-refractivity contribution in [1.29, 1.82) is 10.5 Å². The van der Waals surface area contributed by atoms with Crippen LogP contribution in [-0.4, -0.2) is 18.1 Å². The summed E-state index contributed by atoms with van der Waals surface area (Å²) in [5.74, 6) is 0.00145. The normalized spacial score (nSPS) is 16.5. The van der Waals surface area contributed by atoms with Crippen molar-refractivity contribution in [3.05, 3.63) is 28.8 Å². The Balaban J connectivity index is 1.94. The number of carbonyl (C=O) groups is 1. The molecule has 0 heterocycles. The largest absolute Gasteiger partial charge is 0.482 e. The molecule has 6 heteroatoms. The Kier molecular flexibility index (Phi) is 5.84. The first-order valence-electron chi connectivity index (χ1n) is 7.63. The molecule has 1 fully saturated rings. The quantitative estimate of drug-likeness (QED) is 0.857. The van der Waals surface area contributed by atoms with E-state index in [-0.39, 0.29) is 17.5 Å². The Labute approximate surface area is 140 Å². The molecule has 1 aromatic rings. The molecule has 1 aliphatic rings. The summed E-state index contributed by atoms with van der Waals surface area (Å²) in [6.07, 6.45) is 5.42. The number of nitriles is 2. The molecule has 0 radical (unpaired) electrons. The lowest BCUT2D eigenvalue weighted by Crippen LogP contribution is -2.48. The van der Waals surface area contributed by atoms with Crippen LogP contribution in [0.15, 0.2) is 18.2 Å². The minimum absolute atomic E-state index is 0.213. The second-order valence-electron chi connectivity index (χ2n) is 5.70. The molecule has 0 spiro atoms. The maximum atomic E-state index is 12.1. The summed E-state index contributed by atoms with van der Waals surface area (Å²) in [5.41, 5.74) is -0.362. The van der Waals surface area contributed by atoms with Crippen LogP contribution in [0.2, 0.25) is 5.02 Å². The van der Waals surface area contributed by atoms with Crippen molar-refractivity contribution in [3.8, 4) is 17.9 Å². The summed E-state index contributed by atoms with van der Waals surface area (Å²) in [6, 6.07) is 8.85. The Bertz CT molecular complexity index is 653. The predicted octanol–water partition coefficient (Wildman–Crippen LogP) is 3.32. The van der Waals surface area contributed by atoms with Gasteiger partial charge in [0.15, 0.2) is 6.61 Å². The Morgan fingerprint density at radius 1 is 1.26 bits per heavy atom. The monoisotopic (exact) mass is 331 g/mol. The fourth-order valence-corrected chi connectivity index (χ4v) is 2.97. The lowest BCUT2D eigenvalue weighted by molar-refractivity contribution is -0.124. The summed E-state index contributed by atoms with van der Waals surface area (Å²) in [5, 5.41) is 21.3. The summed E-state index contributed by atoms with van der Waals surface area (Å²) >= 11 is 6.00. The molecule has 0 saturated heterocycles. The second-order valence-corrected chi connectivity index (χ2v) is 6.11. The molecule has 1 aliphatic carbocycles. The third-order valence-corrected chi connectivity index (χ3v) is 4.26. The van der Waals surface area contributed by atoms with Gasteiger partial charge in [-0.15, -0.1) is 0 Å². The van der Waals surface area contributed by atoms with Gasteiger partial charge in [-0.2, -0.15) is 10.5 Å². The molecule has 23 heavy (non-hydrogen) atoms. The fraction of sp³-hybridized carbons (Fsp3) is 0.471. The molecule has 0 atom stereocenters. The summed E-state index contributed by atoms with van der Waals surface area (Å²) in [4.78, 5) is 12.1. The topological polar surface area (TPSA) is 85.9 Å². The molecule has 1 amide bonds. The van der Waals surface area contributed by atoms with E-state index in [0.717, 1.165) is 25.7 Å². The number of halogens is 1. The average Bonchev–Trinajstić information content (AvgIpc) is 2.79. The highest BCUT2D eigenvalue weighted by Crippen LogP contribution is 2.27. The van der Waals surface area contributed by atoms with Crippen LogP contribution in [0.3, 0.4) is 0 Å². The first kappa shape index (κ1) is 17.1. The van der Waals surface area contributed by atoms with Crippen LogP contribution in [0.4, 0.5) is 0 Å². The number of hydrogen-bond acceptors (Lipinski definition) is 4. The minimum atomic E-state index is -0.786. The first-order chi connectivity index (χ1) is 11.1. The van der Waals surface area contributed by atoms with Crippen molar-refractivity contribution < 1.29 is 9.53 Å². The molecular formula is C17H18ClN3O2. The lowest BCUT2D eigenvalue weighted by Gasteiger charge is -2.26. The molecule has 0 unspecified atom stereocenters. The van der Waals surface area contributed by atoms with Gasteiger partial charge in [-0.05, 0) is 31.0 Å². The van der Waals surface area contributed by atoms with E-state index in [0.29, 0.717) is 24.2 Å². The van der Waals surface area contributed by atoms with E-state index in [9.17, 15) is 10.1 Å². The van der Waals surface area contributed by atoms with E-state index < -0.39 is 5.54 Å². The molecule has 0 bridgehead atoms. The van der Waals surface area contributed by atoms with Crippen molar-refractivity contribution in [3.63, 3.8) is 0 Å². The zero-order valence-electron chi connectivity index (χ0n) is 12.8. The summed E-state index contributed by atoms with van der Waals surface area (Å²) in [7, 11) is 0. The average molecular weight is 332 g/mol. The van der Waals surface area contributed by atoms with Gasteiger partial charge in [0, 0.05) is 0 Å². The molecule has 2 rings (SSSR count). The number of ether oxygens (including phenoxy) is 1. The standard InChI is InChI=1S/C17H18ClN3O2/c18-14-9-13(10-19)5-6-15(14)23-11-16(22)21-17(12-20)7-3-1-2-4-8-17/h5-6,9H,1-4,7-8,11H2,(H,21,22). The van der Waals surface area contributed by atoms with Gasteiger partial charge in [0.05, 0.1) is 22.7 Å². The second kappa shape index (κ2) is 7.85. The third kappa shape index (κ3) is 4.61. The SMILES string of the molecule is N#Cc1ccc(OCC(=O)NC2(C#N)CCCCCC2)c(Cl)c1. The van der Waals surface area contributed by atoms with Gasteiger partial charge in [0.25, 0.3) is 5.91 Å². The van der Waals surface area contributed by atoms with Crippen LogP contribution >= 0.6 is 11.6 Å². The number of hydrogen-bond donors (Lipinski definition) is 1. The predicted molar refractivity (Wildman–Crippen MR) is 85.9 cm³/mol. The van der Waals surface area contributed by atoms with Crippen molar-refractivity contribution in [2.24, 2.45) is 0 Å². The smallest absolute Gasteiger partial charge is 0.259 e. The molecule has 0 aromatic heterocycles. The summed E-state index contributed by atoms with van der Waals surface area (Å²) < 4.78 is 5.40. The molecule has 5 nitrogen and oxygen atoms in total. The lowest BCUT2D eigenvalue weighted by atomic mass is 9.92. The zero-order valence-corrected chi connectivity index (χ0v) is 13.5. The van der Waals surface area contributed by atoms with Gasteiger partial charge < -0.3 is 10.1 Å². The van der Waals surface area contributed by atoms with Crippen molar-refractivity contribution in [1.82, 2.24) is 5.32 Å². The van der Waals surface area contributed by atoms with Gasteiger partial charge in [0.2, 0.25) is 0 Å². The number of amides is 1. The van der Waals surface area contributed by atoms with Gasteiger partial charge in [-0.25, -0.2) is 0 Å². The highest BCUT2D eigenvalue weighted by molar-refractivity contribution is 6.32. The first-order valence-corrected chi connectivity index (χ1v) is 8.01. The molecule has 1 aromatic carbocycles. The molecular weight excluding hydrogens is 314 g/mol. The Morgan fingerprint density at radius 3 is 2.52 bits per heavy atom. The van der Waals surface area contributed by atoms with E-state index in [1.807, 2.05) is 6.07 Å². The van der Waals surface area contributed by atoms with Crippen molar-refractivity contribution in [2.45, 2.75) is 44.1 Å². The van der Waals surface area contributed by atoms with E-state index in [1.54, 1.807) is 12.1 Å². The maximum absolute atomic E-state index is 12.1. The van der Waals surface area contributed by atoms with Crippen LogP contribution in [0, 0.1) is 22.7 Å². The maximum Gasteiger partial charge on any atom is 0.259 e. The Hall–Kier alpha value is -2.24. The van der Waals surface area contributed by atoms with Crippen LogP contribution in [0.25, 0.3) is 0 Å². The highest BCUT2D eigenvalue weighted by atomic mass is 35.5. The van der Waals surface area contributed by atoms with Crippen LogP contribution in [0.1, 0.15) is 44.1 Å². The third-order valence-electron chi connectivity index (χ3n) is 3.97. The van der Waals surface area contributed by atoms with Crippen molar-refractivity contribution >= 4 is 17.5 Å². The molecule has 120 valence electrons. The molecule has 1 saturated carbocycles. The van der Waals surface area contributed by atoms with Gasteiger partial charge >= 0.3 is 0 Å². The van der Waals surface area contributed by atoms with Crippen LogP contribution in [-0.2, 0) is 4.79 Å².